The maximum Gasteiger partial charge on any atom is 0.278 e. The van der Waals surface area contributed by atoms with Crippen LogP contribution in [0.2, 0.25) is 0 Å². The number of aliphatic imine (C=N–C) groups is 1. The average molecular weight is 528 g/mol. The van der Waals surface area contributed by atoms with Gasteiger partial charge in [0.2, 0.25) is 0 Å². The lowest BCUT2D eigenvalue weighted by molar-refractivity contribution is -0.113. The molecule has 0 saturated carbocycles. The van der Waals surface area contributed by atoms with Crippen molar-refractivity contribution in [3.8, 4) is 10.6 Å². The Kier molecular flexibility index (Phi) is 5.20. The molecule has 5 aromatic rings. The summed E-state index contributed by atoms with van der Waals surface area (Å²) in [7, 11) is 0. The molecule has 7 rings (SSSR count). The number of para-hydroxylation sites is 1. The maximum absolute atomic E-state index is 13.9. The first-order chi connectivity index (χ1) is 18.7. The number of aromatic nitrogens is 1. The van der Waals surface area contributed by atoms with Crippen LogP contribution in [0, 0.1) is 6.92 Å². The highest BCUT2D eigenvalue weighted by molar-refractivity contribution is 7.21. The monoisotopic (exact) mass is 527 g/mol. The van der Waals surface area contributed by atoms with Crippen molar-refractivity contribution in [2.24, 2.45) is 4.99 Å². The molecule has 4 nitrogen and oxygen atoms in total. The molecule has 0 bridgehead atoms. The van der Waals surface area contributed by atoms with Gasteiger partial charge in [0.1, 0.15) is 10.7 Å². The third-order valence-electron chi connectivity index (χ3n) is 8.22. The summed E-state index contributed by atoms with van der Waals surface area (Å²) in [6, 6.07) is 31.3. The van der Waals surface area contributed by atoms with Crippen molar-refractivity contribution in [3.63, 3.8) is 0 Å². The number of hydrogen-bond acceptors (Lipinski definition) is 4. The Morgan fingerprint density at radius 1 is 0.897 bits per heavy atom. The molecule has 192 valence electrons. The lowest BCUT2D eigenvalue weighted by atomic mass is 9.65. The minimum atomic E-state index is -0.364. The van der Waals surface area contributed by atoms with E-state index in [9.17, 15) is 4.79 Å². The summed E-state index contributed by atoms with van der Waals surface area (Å²) in [6.07, 6.45) is 0.829. The molecule has 3 heterocycles. The number of fused-ring (bicyclic) bond motifs is 1. The molecule has 1 aromatic heterocycles. The van der Waals surface area contributed by atoms with Gasteiger partial charge < -0.3 is 4.90 Å². The molecule has 0 saturated heterocycles. The highest BCUT2D eigenvalue weighted by Crippen LogP contribution is 2.54. The molecule has 0 unspecified atom stereocenters. The number of rotatable bonds is 3. The van der Waals surface area contributed by atoms with E-state index >= 15 is 0 Å². The largest absolute Gasteiger partial charge is 0.300 e. The highest BCUT2D eigenvalue weighted by Gasteiger charge is 2.53. The van der Waals surface area contributed by atoms with Crippen LogP contribution in [-0.2, 0) is 10.2 Å². The number of thiazole rings is 1. The molecule has 2 aliphatic heterocycles. The zero-order chi connectivity index (χ0) is 26.9. The lowest BCUT2D eigenvalue weighted by Gasteiger charge is -2.49. The zero-order valence-electron chi connectivity index (χ0n) is 22.5. The molecule has 1 amide bonds. The molecule has 1 atom stereocenters. The second kappa shape index (κ2) is 8.45. The van der Waals surface area contributed by atoms with Gasteiger partial charge in [-0.25, -0.2) is 9.98 Å². The third kappa shape index (κ3) is 3.68. The number of hydrogen-bond donors (Lipinski definition) is 0. The van der Waals surface area contributed by atoms with E-state index in [1.165, 1.54) is 21.4 Å². The van der Waals surface area contributed by atoms with Crippen molar-refractivity contribution in [2.45, 2.75) is 45.1 Å². The van der Waals surface area contributed by atoms with Crippen LogP contribution in [0.3, 0.4) is 0 Å². The van der Waals surface area contributed by atoms with Crippen molar-refractivity contribution >= 4 is 44.5 Å². The quantitative estimate of drug-likeness (QED) is 0.237. The van der Waals surface area contributed by atoms with Crippen LogP contribution >= 0.6 is 11.3 Å². The summed E-state index contributed by atoms with van der Waals surface area (Å²) in [5.74, 6) is -0.0248. The van der Waals surface area contributed by atoms with E-state index in [-0.39, 0.29) is 16.9 Å². The maximum atomic E-state index is 13.9. The number of benzene rings is 4. The highest BCUT2D eigenvalue weighted by atomic mass is 32.1. The SMILES string of the molecule is Cc1ccc2nc(-c3ccc(N=C4C(=O)N5c6c4cccc6[C@@](C)(c4ccccc4)CC5(C)C)cc3)sc2c1. The Balaban J connectivity index is 1.30. The summed E-state index contributed by atoms with van der Waals surface area (Å²) in [4.78, 5) is 25.7. The van der Waals surface area contributed by atoms with Crippen LogP contribution in [0.25, 0.3) is 20.8 Å². The van der Waals surface area contributed by atoms with Gasteiger partial charge in [0.05, 0.1) is 21.6 Å². The molecule has 0 spiro atoms. The van der Waals surface area contributed by atoms with Gasteiger partial charge >= 0.3 is 0 Å². The van der Waals surface area contributed by atoms with Gasteiger partial charge in [-0.05, 0) is 80.3 Å². The lowest BCUT2D eigenvalue weighted by Crippen LogP contribution is -2.54. The van der Waals surface area contributed by atoms with Gasteiger partial charge in [-0.15, -0.1) is 11.3 Å². The van der Waals surface area contributed by atoms with E-state index in [1.54, 1.807) is 11.3 Å². The van der Waals surface area contributed by atoms with Gasteiger partial charge in [0.25, 0.3) is 5.91 Å². The fraction of sp³-hybridized carbons (Fsp3) is 0.206. The number of amides is 1. The third-order valence-corrected chi connectivity index (χ3v) is 9.28. The second-order valence-corrected chi connectivity index (χ2v) is 12.6. The first-order valence-corrected chi connectivity index (χ1v) is 14.2. The molecule has 4 aromatic carbocycles. The van der Waals surface area contributed by atoms with Gasteiger partial charge in [0, 0.05) is 22.1 Å². The minimum absolute atomic E-state index is 0.0248. The number of carbonyl (C=O) groups excluding carboxylic acids is 1. The first kappa shape index (κ1) is 24.0. The van der Waals surface area contributed by atoms with E-state index < -0.39 is 0 Å². The Hall–Kier alpha value is -4.09. The molecule has 0 fully saturated rings. The number of carbonyl (C=O) groups is 1. The van der Waals surface area contributed by atoms with Crippen molar-refractivity contribution in [2.75, 3.05) is 4.90 Å². The molecular formula is C34H29N3OS. The zero-order valence-corrected chi connectivity index (χ0v) is 23.3. The van der Waals surface area contributed by atoms with E-state index in [0.717, 1.165) is 39.4 Å². The van der Waals surface area contributed by atoms with E-state index in [2.05, 4.69) is 88.4 Å². The smallest absolute Gasteiger partial charge is 0.278 e. The van der Waals surface area contributed by atoms with E-state index in [0.29, 0.717) is 5.71 Å². The van der Waals surface area contributed by atoms with Crippen LogP contribution in [0.15, 0.2) is 96.0 Å². The Morgan fingerprint density at radius 3 is 2.44 bits per heavy atom. The molecule has 2 aliphatic rings. The number of aryl methyl sites for hydroxylation is 1. The van der Waals surface area contributed by atoms with Crippen molar-refractivity contribution < 1.29 is 4.79 Å². The molecule has 39 heavy (non-hydrogen) atoms. The van der Waals surface area contributed by atoms with Crippen LogP contribution in [0.4, 0.5) is 11.4 Å². The first-order valence-electron chi connectivity index (χ1n) is 13.3. The fourth-order valence-corrected chi connectivity index (χ4v) is 7.56. The Labute approximate surface area is 232 Å². The summed E-state index contributed by atoms with van der Waals surface area (Å²) < 4.78 is 1.19. The number of nitrogens with zero attached hydrogens (tertiary/aromatic N) is 3. The van der Waals surface area contributed by atoms with Gasteiger partial charge in [-0.3, -0.25) is 4.79 Å². The molecular weight excluding hydrogens is 498 g/mol. The predicted molar refractivity (Wildman–Crippen MR) is 162 cm³/mol. The van der Waals surface area contributed by atoms with Crippen molar-refractivity contribution in [1.29, 1.82) is 0 Å². The number of anilines is 1. The summed E-state index contributed by atoms with van der Waals surface area (Å²) in [6.45, 7) is 8.74. The summed E-state index contributed by atoms with van der Waals surface area (Å²) >= 11 is 1.70. The van der Waals surface area contributed by atoms with E-state index in [4.69, 9.17) is 9.98 Å². The Bertz CT molecular complexity index is 1800. The van der Waals surface area contributed by atoms with Crippen molar-refractivity contribution in [3.05, 3.63) is 113 Å². The van der Waals surface area contributed by atoms with Gasteiger partial charge in [-0.2, -0.15) is 0 Å². The van der Waals surface area contributed by atoms with Crippen LogP contribution < -0.4 is 4.90 Å². The molecule has 0 N–H and O–H groups in total. The summed E-state index contributed by atoms with van der Waals surface area (Å²) in [5, 5.41) is 0.987. The second-order valence-electron chi connectivity index (χ2n) is 11.5. The fourth-order valence-electron chi connectivity index (χ4n) is 6.50. The van der Waals surface area contributed by atoms with Crippen LogP contribution in [-0.4, -0.2) is 22.1 Å². The summed E-state index contributed by atoms with van der Waals surface area (Å²) in [5.41, 5.74) is 8.39. The van der Waals surface area contributed by atoms with Crippen LogP contribution in [0.1, 0.15) is 49.4 Å². The predicted octanol–water partition coefficient (Wildman–Crippen LogP) is 8.23. The standard InChI is InChI=1S/C34H29N3OS/c1-21-13-18-27-28(19-21)39-31(36-27)22-14-16-24(17-15-22)35-29-25-11-8-12-26-30(25)37(32(29)38)33(2,3)20-34(26,4)23-9-6-5-7-10-23/h5-19H,20H2,1-4H3/t34-/m1/s1. The average Bonchev–Trinajstić information content (AvgIpc) is 3.47. The van der Waals surface area contributed by atoms with Crippen LogP contribution in [0.5, 0.6) is 0 Å². The van der Waals surface area contributed by atoms with Gasteiger partial charge in [-0.1, -0.05) is 61.5 Å². The van der Waals surface area contributed by atoms with Gasteiger partial charge in [0.15, 0.2) is 0 Å². The molecule has 5 heteroatoms. The normalized spacial score (nSPS) is 20.6. The van der Waals surface area contributed by atoms with Crippen molar-refractivity contribution in [1.82, 2.24) is 4.98 Å². The topological polar surface area (TPSA) is 45.6 Å². The van der Waals surface area contributed by atoms with E-state index in [1.807, 2.05) is 35.2 Å². The Morgan fingerprint density at radius 2 is 1.67 bits per heavy atom. The molecule has 0 radical (unpaired) electrons. The minimum Gasteiger partial charge on any atom is -0.300 e. The molecule has 0 aliphatic carbocycles.